The van der Waals surface area contributed by atoms with Crippen LogP contribution in [-0.4, -0.2) is 80.6 Å². The van der Waals surface area contributed by atoms with Gasteiger partial charge in [0, 0.05) is 39.3 Å². The van der Waals surface area contributed by atoms with Crippen molar-refractivity contribution in [2.24, 2.45) is 5.41 Å². The fraction of sp³-hybridized carbons (Fsp3) is 0.619. The lowest BCUT2D eigenvalue weighted by atomic mass is 9.89. The van der Waals surface area contributed by atoms with Gasteiger partial charge in [0.15, 0.2) is 0 Å². The first-order valence-electron chi connectivity index (χ1n) is 10.2. The molecule has 3 rings (SSSR count). The number of anilines is 2. The maximum absolute atomic E-state index is 13.1. The molecule has 7 nitrogen and oxygen atoms in total. The lowest BCUT2D eigenvalue weighted by Crippen LogP contribution is -2.54. The van der Waals surface area contributed by atoms with E-state index in [1.54, 1.807) is 13.8 Å². The smallest absolute Gasteiger partial charge is 0.239 e. The Morgan fingerprint density at radius 1 is 1.04 bits per heavy atom. The van der Waals surface area contributed by atoms with E-state index in [2.05, 4.69) is 22.0 Å². The SMILES string of the molecule is CCN1CCN(C(=O)C(C)(C)C(=O)Nc2ccccc2N2CCOCC2)CC1. The highest BCUT2D eigenvalue weighted by molar-refractivity contribution is 6.10. The van der Waals surface area contributed by atoms with Crippen LogP contribution >= 0.6 is 0 Å². The first-order valence-corrected chi connectivity index (χ1v) is 10.2. The maximum atomic E-state index is 13.1. The Morgan fingerprint density at radius 2 is 1.68 bits per heavy atom. The number of nitrogens with zero attached hydrogens (tertiary/aromatic N) is 3. The highest BCUT2D eigenvalue weighted by Gasteiger charge is 2.40. The first kappa shape index (κ1) is 20.6. The van der Waals surface area contributed by atoms with Crippen LogP contribution in [0, 0.1) is 5.41 Å². The number of rotatable bonds is 5. The molecule has 2 aliphatic rings. The van der Waals surface area contributed by atoms with Crippen LogP contribution in [0.25, 0.3) is 0 Å². The summed E-state index contributed by atoms with van der Waals surface area (Å²) in [7, 11) is 0. The van der Waals surface area contributed by atoms with Gasteiger partial charge in [0.2, 0.25) is 11.8 Å². The Hall–Kier alpha value is -2.12. The number of likely N-dealkylation sites (N-methyl/N-ethyl adjacent to an activating group) is 1. The van der Waals surface area contributed by atoms with Crippen LogP contribution in [0.2, 0.25) is 0 Å². The molecule has 2 saturated heterocycles. The van der Waals surface area contributed by atoms with Gasteiger partial charge in [-0.2, -0.15) is 0 Å². The van der Waals surface area contributed by atoms with Crippen molar-refractivity contribution in [3.63, 3.8) is 0 Å². The lowest BCUT2D eigenvalue weighted by molar-refractivity contribution is -0.147. The molecule has 154 valence electrons. The number of carbonyl (C=O) groups is 2. The number of piperazine rings is 1. The van der Waals surface area contributed by atoms with Gasteiger partial charge >= 0.3 is 0 Å². The minimum atomic E-state index is -1.12. The largest absolute Gasteiger partial charge is 0.378 e. The normalized spacial score (nSPS) is 18.8. The van der Waals surface area contributed by atoms with Crippen molar-refractivity contribution in [3.05, 3.63) is 24.3 Å². The quantitative estimate of drug-likeness (QED) is 0.777. The van der Waals surface area contributed by atoms with Crippen LogP contribution in [0.5, 0.6) is 0 Å². The molecular formula is C21H32N4O3. The minimum absolute atomic E-state index is 0.107. The minimum Gasteiger partial charge on any atom is -0.378 e. The number of nitrogens with one attached hydrogen (secondary N) is 1. The Morgan fingerprint density at radius 3 is 2.32 bits per heavy atom. The van der Waals surface area contributed by atoms with Crippen molar-refractivity contribution in [2.75, 3.05) is 69.2 Å². The van der Waals surface area contributed by atoms with Gasteiger partial charge in [-0.3, -0.25) is 9.59 Å². The molecule has 0 unspecified atom stereocenters. The Balaban J connectivity index is 1.69. The van der Waals surface area contributed by atoms with E-state index in [-0.39, 0.29) is 11.8 Å². The summed E-state index contributed by atoms with van der Waals surface area (Å²) in [4.78, 5) is 32.5. The van der Waals surface area contributed by atoms with E-state index in [9.17, 15) is 9.59 Å². The van der Waals surface area contributed by atoms with Crippen LogP contribution in [0.1, 0.15) is 20.8 Å². The summed E-state index contributed by atoms with van der Waals surface area (Å²) in [5.41, 5.74) is 0.594. The molecule has 0 aliphatic carbocycles. The number of amides is 2. The van der Waals surface area contributed by atoms with E-state index in [1.165, 1.54) is 0 Å². The standard InChI is InChI=1S/C21H32N4O3/c1-4-23-9-11-25(12-10-23)20(27)21(2,3)19(26)22-17-7-5-6-8-18(17)24-13-15-28-16-14-24/h5-8H,4,9-16H2,1-3H3,(H,22,26). The molecule has 2 fully saturated rings. The summed E-state index contributed by atoms with van der Waals surface area (Å²) < 4.78 is 5.43. The molecule has 1 aromatic rings. The average Bonchev–Trinajstić information content (AvgIpc) is 2.74. The number of benzene rings is 1. The van der Waals surface area contributed by atoms with E-state index in [0.717, 1.165) is 44.1 Å². The molecule has 1 aromatic carbocycles. The van der Waals surface area contributed by atoms with Crippen LogP contribution in [-0.2, 0) is 14.3 Å². The second kappa shape index (κ2) is 8.92. The molecule has 2 aliphatic heterocycles. The van der Waals surface area contributed by atoms with Crippen molar-refractivity contribution in [2.45, 2.75) is 20.8 Å². The summed E-state index contributed by atoms with van der Waals surface area (Å²) in [6.45, 7) is 12.5. The molecule has 1 N–H and O–H groups in total. The molecular weight excluding hydrogens is 356 g/mol. The zero-order chi connectivity index (χ0) is 20.1. The molecule has 0 radical (unpaired) electrons. The monoisotopic (exact) mass is 388 g/mol. The van der Waals surface area contributed by atoms with Crippen molar-refractivity contribution in [3.8, 4) is 0 Å². The number of carbonyl (C=O) groups excluding carboxylic acids is 2. The lowest BCUT2D eigenvalue weighted by Gasteiger charge is -2.38. The maximum Gasteiger partial charge on any atom is 0.239 e. The summed E-state index contributed by atoms with van der Waals surface area (Å²) in [5, 5.41) is 3.01. The molecule has 2 heterocycles. The fourth-order valence-corrected chi connectivity index (χ4v) is 3.70. The number of hydrogen-bond acceptors (Lipinski definition) is 5. The highest BCUT2D eigenvalue weighted by atomic mass is 16.5. The number of ether oxygens (including phenoxy) is 1. The fourth-order valence-electron chi connectivity index (χ4n) is 3.70. The van der Waals surface area contributed by atoms with Crippen molar-refractivity contribution in [1.82, 2.24) is 9.80 Å². The number of hydrogen-bond donors (Lipinski definition) is 1. The molecule has 2 amide bonds. The third-order valence-electron chi connectivity index (χ3n) is 5.71. The van der Waals surface area contributed by atoms with Gasteiger partial charge in [0.25, 0.3) is 0 Å². The van der Waals surface area contributed by atoms with E-state index in [4.69, 9.17) is 4.74 Å². The Kier molecular flexibility index (Phi) is 6.57. The third kappa shape index (κ3) is 4.47. The van der Waals surface area contributed by atoms with Crippen molar-refractivity contribution in [1.29, 1.82) is 0 Å². The Bertz CT molecular complexity index is 693. The van der Waals surface area contributed by atoms with Crippen molar-refractivity contribution >= 4 is 23.2 Å². The number of morpholine rings is 1. The van der Waals surface area contributed by atoms with Gasteiger partial charge < -0.3 is 24.8 Å². The van der Waals surface area contributed by atoms with Gasteiger partial charge in [-0.25, -0.2) is 0 Å². The van der Waals surface area contributed by atoms with E-state index >= 15 is 0 Å². The van der Waals surface area contributed by atoms with Crippen LogP contribution in [0.3, 0.4) is 0 Å². The van der Waals surface area contributed by atoms with E-state index in [0.29, 0.717) is 26.3 Å². The molecule has 28 heavy (non-hydrogen) atoms. The third-order valence-corrected chi connectivity index (χ3v) is 5.71. The van der Waals surface area contributed by atoms with Gasteiger partial charge in [-0.05, 0) is 32.5 Å². The van der Waals surface area contributed by atoms with Gasteiger partial charge in [-0.1, -0.05) is 19.1 Å². The van der Waals surface area contributed by atoms with Gasteiger partial charge in [-0.15, -0.1) is 0 Å². The van der Waals surface area contributed by atoms with E-state index in [1.807, 2.05) is 29.2 Å². The molecule has 7 heteroatoms. The zero-order valence-corrected chi connectivity index (χ0v) is 17.2. The molecule has 0 atom stereocenters. The first-order chi connectivity index (χ1) is 13.4. The van der Waals surface area contributed by atoms with Gasteiger partial charge in [0.05, 0.1) is 24.6 Å². The van der Waals surface area contributed by atoms with Gasteiger partial charge in [0.1, 0.15) is 5.41 Å². The summed E-state index contributed by atoms with van der Waals surface area (Å²) in [6, 6.07) is 7.76. The zero-order valence-electron chi connectivity index (χ0n) is 17.2. The average molecular weight is 389 g/mol. The highest BCUT2D eigenvalue weighted by Crippen LogP contribution is 2.29. The van der Waals surface area contributed by atoms with E-state index < -0.39 is 5.41 Å². The van der Waals surface area contributed by atoms with Crippen LogP contribution < -0.4 is 10.2 Å². The molecule has 0 aromatic heterocycles. The molecule has 0 spiro atoms. The molecule has 0 saturated carbocycles. The summed E-state index contributed by atoms with van der Waals surface area (Å²) in [6.07, 6.45) is 0. The predicted octanol–water partition coefficient (Wildman–Crippen LogP) is 1.65. The predicted molar refractivity (Wildman–Crippen MR) is 111 cm³/mol. The summed E-state index contributed by atoms with van der Waals surface area (Å²) in [5.74, 6) is -0.374. The molecule has 0 bridgehead atoms. The van der Waals surface area contributed by atoms with Crippen LogP contribution in [0.15, 0.2) is 24.3 Å². The van der Waals surface area contributed by atoms with Crippen molar-refractivity contribution < 1.29 is 14.3 Å². The number of para-hydroxylation sites is 2. The topological polar surface area (TPSA) is 65.1 Å². The second-order valence-electron chi connectivity index (χ2n) is 7.92. The Labute approximate surface area is 167 Å². The second-order valence-corrected chi connectivity index (χ2v) is 7.92. The van der Waals surface area contributed by atoms with Crippen LogP contribution in [0.4, 0.5) is 11.4 Å². The summed E-state index contributed by atoms with van der Waals surface area (Å²) >= 11 is 0.